The van der Waals surface area contributed by atoms with Gasteiger partial charge in [0.2, 0.25) is 0 Å². The molecule has 2 aromatic carbocycles. The molecule has 0 aliphatic carbocycles. The molecule has 1 N–H and O–H groups in total. The number of hydrogen-bond acceptors (Lipinski definition) is 5. The first kappa shape index (κ1) is 17.5. The molecule has 0 fully saturated rings. The lowest BCUT2D eigenvalue weighted by molar-refractivity contribution is -0.122. The van der Waals surface area contributed by atoms with E-state index in [1.807, 2.05) is 6.07 Å². The number of halogens is 1. The molecule has 0 bridgehead atoms. The third-order valence-corrected chi connectivity index (χ3v) is 3.84. The predicted octanol–water partition coefficient (Wildman–Crippen LogP) is 3.20. The monoisotopic (exact) mass is 367 g/mol. The van der Waals surface area contributed by atoms with Crippen molar-refractivity contribution in [3.05, 3.63) is 65.7 Å². The summed E-state index contributed by atoms with van der Waals surface area (Å²) >= 11 is 6.25. The SMILES string of the molecule is CC(Oc1cccc(C#N)c1)C(=O)Nc1cccc(Cl)c1-n1cncn1. The Morgan fingerprint density at radius 3 is 2.88 bits per heavy atom. The number of carbonyl (C=O) groups is 1. The van der Waals surface area contributed by atoms with E-state index >= 15 is 0 Å². The zero-order valence-electron chi connectivity index (χ0n) is 13.8. The van der Waals surface area contributed by atoms with Gasteiger partial charge >= 0.3 is 0 Å². The second-order valence-electron chi connectivity index (χ2n) is 5.37. The molecule has 1 amide bonds. The minimum atomic E-state index is -0.786. The molecule has 0 saturated heterocycles. The summed E-state index contributed by atoms with van der Waals surface area (Å²) in [5, 5.41) is 16.2. The average Bonchev–Trinajstić information content (AvgIpc) is 3.16. The number of aromatic nitrogens is 3. The standard InChI is InChI=1S/C18H14ClN5O2/c1-12(26-14-5-2-4-13(8-14)9-20)18(25)23-16-7-3-6-15(19)17(16)24-11-21-10-22-24/h2-8,10-12H,1H3,(H,23,25). The highest BCUT2D eigenvalue weighted by Crippen LogP contribution is 2.28. The van der Waals surface area contributed by atoms with Crippen LogP contribution in [0, 0.1) is 11.3 Å². The highest BCUT2D eigenvalue weighted by molar-refractivity contribution is 6.33. The summed E-state index contributed by atoms with van der Waals surface area (Å²) < 4.78 is 7.09. The molecule has 3 aromatic rings. The van der Waals surface area contributed by atoms with Crippen LogP contribution < -0.4 is 10.1 Å². The molecule has 7 nitrogen and oxygen atoms in total. The van der Waals surface area contributed by atoms with Crippen LogP contribution in [-0.4, -0.2) is 26.8 Å². The van der Waals surface area contributed by atoms with E-state index in [4.69, 9.17) is 21.6 Å². The molecule has 0 spiro atoms. The van der Waals surface area contributed by atoms with Crippen LogP contribution in [0.1, 0.15) is 12.5 Å². The van der Waals surface area contributed by atoms with E-state index in [9.17, 15) is 4.79 Å². The number of carbonyl (C=O) groups excluding carboxylic acids is 1. The number of nitriles is 1. The van der Waals surface area contributed by atoms with Crippen LogP contribution >= 0.6 is 11.6 Å². The van der Waals surface area contributed by atoms with Crippen molar-refractivity contribution >= 4 is 23.2 Å². The zero-order valence-corrected chi connectivity index (χ0v) is 14.5. The summed E-state index contributed by atoms with van der Waals surface area (Å²) in [4.78, 5) is 16.4. The molecular weight excluding hydrogens is 354 g/mol. The van der Waals surface area contributed by atoms with Crippen LogP contribution in [0.2, 0.25) is 5.02 Å². The first-order valence-corrected chi connectivity index (χ1v) is 8.07. The van der Waals surface area contributed by atoms with Gasteiger partial charge in [0, 0.05) is 0 Å². The van der Waals surface area contributed by atoms with Crippen LogP contribution in [0.5, 0.6) is 5.75 Å². The molecule has 1 atom stereocenters. The normalized spacial score (nSPS) is 11.4. The zero-order chi connectivity index (χ0) is 18.5. The van der Waals surface area contributed by atoms with E-state index in [-0.39, 0.29) is 5.91 Å². The second kappa shape index (κ2) is 7.68. The van der Waals surface area contributed by atoms with Crippen molar-refractivity contribution in [2.45, 2.75) is 13.0 Å². The van der Waals surface area contributed by atoms with Gasteiger partial charge in [-0.05, 0) is 37.3 Å². The molecule has 8 heteroatoms. The van der Waals surface area contributed by atoms with Crippen molar-refractivity contribution in [3.8, 4) is 17.5 Å². The summed E-state index contributed by atoms with van der Waals surface area (Å²) in [5.41, 5.74) is 1.45. The maximum absolute atomic E-state index is 12.5. The first-order valence-electron chi connectivity index (χ1n) is 7.69. The maximum Gasteiger partial charge on any atom is 0.265 e. The molecule has 1 heterocycles. The van der Waals surface area contributed by atoms with Gasteiger partial charge in [-0.3, -0.25) is 4.79 Å². The lowest BCUT2D eigenvalue weighted by Crippen LogP contribution is -2.30. The van der Waals surface area contributed by atoms with E-state index in [0.717, 1.165) is 0 Å². The highest BCUT2D eigenvalue weighted by atomic mass is 35.5. The summed E-state index contributed by atoms with van der Waals surface area (Å²) in [6.45, 7) is 1.62. The number of anilines is 1. The number of amides is 1. The van der Waals surface area contributed by atoms with Gasteiger partial charge in [0.05, 0.1) is 22.3 Å². The van der Waals surface area contributed by atoms with Gasteiger partial charge in [-0.15, -0.1) is 0 Å². The topological polar surface area (TPSA) is 92.8 Å². The van der Waals surface area contributed by atoms with Crippen molar-refractivity contribution in [1.29, 1.82) is 5.26 Å². The summed E-state index contributed by atoms with van der Waals surface area (Å²) in [6.07, 6.45) is 2.08. The van der Waals surface area contributed by atoms with Gasteiger partial charge in [-0.1, -0.05) is 23.7 Å². The van der Waals surface area contributed by atoms with Crippen LogP contribution in [0.4, 0.5) is 5.69 Å². The number of benzene rings is 2. The summed E-state index contributed by atoms with van der Waals surface area (Å²) in [6, 6.07) is 13.8. The van der Waals surface area contributed by atoms with Crippen molar-refractivity contribution in [1.82, 2.24) is 14.8 Å². The molecule has 130 valence electrons. The Bertz CT molecular complexity index is 966. The van der Waals surface area contributed by atoms with Gasteiger partial charge < -0.3 is 10.1 Å². The van der Waals surface area contributed by atoms with E-state index in [2.05, 4.69) is 15.4 Å². The van der Waals surface area contributed by atoms with Crippen molar-refractivity contribution in [3.63, 3.8) is 0 Å². The Kier molecular flexibility index (Phi) is 5.15. The molecule has 3 rings (SSSR count). The van der Waals surface area contributed by atoms with Crippen molar-refractivity contribution in [2.24, 2.45) is 0 Å². The number of para-hydroxylation sites is 1. The van der Waals surface area contributed by atoms with Crippen molar-refractivity contribution < 1.29 is 9.53 Å². The first-order chi connectivity index (χ1) is 12.6. The number of ether oxygens (including phenoxy) is 1. The van der Waals surface area contributed by atoms with Gasteiger partial charge in [-0.2, -0.15) is 10.4 Å². The minimum Gasteiger partial charge on any atom is -0.481 e. The Morgan fingerprint density at radius 1 is 1.35 bits per heavy atom. The quantitative estimate of drug-likeness (QED) is 0.747. The molecule has 1 unspecified atom stereocenters. The predicted molar refractivity (Wildman–Crippen MR) is 96.2 cm³/mol. The fourth-order valence-corrected chi connectivity index (χ4v) is 2.56. The number of nitrogens with one attached hydrogen (secondary N) is 1. The van der Waals surface area contributed by atoms with E-state index in [0.29, 0.717) is 27.7 Å². The number of hydrogen-bond donors (Lipinski definition) is 1. The third kappa shape index (κ3) is 3.82. The summed E-state index contributed by atoms with van der Waals surface area (Å²) in [5.74, 6) is 0.0743. The number of nitrogens with zero attached hydrogens (tertiary/aromatic N) is 4. The second-order valence-corrected chi connectivity index (χ2v) is 5.77. The number of rotatable bonds is 5. The van der Waals surface area contributed by atoms with Crippen LogP contribution in [0.3, 0.4) is 0 Å². The maximum atomic E-state index is 12.5. The fourth-order valence-electron chi connectivity index (χ4n) is 2.30. The Balaban J connectivity index is 1.78. The smallest absolute Gasteiger partial charge is 0.265 e. The highest BCUT2D eigenvalue weighted by Gasteiger charge is 2.18. The third-order valence-electron chi connectivity index (χ3n) is 3.54. The Morgan fingerprint density at radius 2 is 2.15 bits per heavy atom. The van der Waals surface area contributed by atoms with Crippen LogP contribution in [0.15, 0.2) is 55.1 Å². The van der Waals surface area contributed by atoms with Crippen LogP contribution in [-0.2, 0) is 4.79 Å². The minimum absolute atomic E-state index is 0.365. The van der Waals surface area contributed by atoms with E-state index < -0.39 is 6.10 Å². The van der Waals surface area contributed by atoms with Gasteiger partial charge in [0.15, 0.2) is 6.10 Å². The molecule has 0 aliphatic rings. The van der Waals surface area contributed by atoms with E-state index in [1.54, 1.807) is 49.4 Å². The van der Waals surface area contributed by atoms with Crippen molar-refractivity contribution in [2.75, 3.05) is 5.32 Å². The Labute approximate surface area is 154 Å². The summed E-state index contributed by atoms with van der Waals surface area (Å²) in [7, 11) is 0. The molecule has 0 saturated carbocycles. The fraction of sp³-hybridized carbons (Fsp3) is 0.111. The Hall–Kier alpha value is -3.37. The van der Waals surface area contributed by atoms with E-state index in [1.165, 1.54) is 17.3 Å². The lowest BCUT2D eigenvalue weighted by Gasteiger charge is -2.17. The molecule has 0 aliphatic heterocycles. The van der Waals surface area contributed by atoms with Crippen LogP contribution in [0.25, 0.3) is 5.69 Å². The molecule has 0 radical (unpaired) electrons. The van der Waals surface area contributed by atoms with Gasteiger partial charge in [0.25, 0.3) is 5.91 Å². The van der Waals surface area contributed by atoms with Gasteiger partial charge in [0.1, 0.15) is 24.1 Å². The molecule has 26 heavy (non-hydrogen) atoms. The largest absolute Gasteiger partial charge is 0.481 e. The molecule has 1 aromatic heterocycles. The molecular formula is C18H14ClN5O2. The lowest BCUT2D eigenvalue weighted by atomic mass is 10.2. The average molecular weight is 368 g/mol. The van der Waals surface area contributed by atoms with Gasteiger partial charge in [-0.25, -0.2) is 9.67 Å².